The van der Waals surface area contributed by atoms with Gasteiger partial charge in [-0.25, -0.2) is 4.90 Å². The molecule has 0 spiro atoms. The Labute approximate surface area is 192 Å². The molecule has 0 aliphatic carbocycles. The fourth-order valence-electron chi connectivity index (χ4n) is 4.10. The first kappa shape index (κ1) is 21.0. The van der Waals surface area contributed by atoms with E-state index < -0.39 is 0 Å². The summed E-state index contributed by atoms with van der Waals surface area (Å²) in [6.45, 7) is 4.19. The maximum absolute atomic E-state index is 13.6. The van der Waals surface area contributed by atoms with Crippen molar-refractivity contribution >= 4 is 23.1 Å². The van der Waals surface area contributed by atoms with E-state index in [9.17, 15) is 9.59 Å². The Hall–Kier alpha value is -3.90. The van der Waals surface area contributed by atoms with Crippen molar-refractivity contribution in [1.29, 1.82) is 0 Å². The van der Waals surface area contributed by atoms with Crippen molar-refractivity contribution in [3.63, 3.8) is 0 Å². The third kappa shape index (κ3) is 4.13. The van der Waals surface area contributed by atoms with Crippen molar-refractivity contribution in [2.24, 2.45) is 0 Å². The van der Waals surface area contributed by atoms with Crippen LogP contribution in [0.2, 0.25) is 0 Å². The molecule has 166 valence electrons. The van der Waals surface area contributed by atoms with Crippen LogP contribution in [0.1, 0.15) is 11.1 Å². The molecule has 5 rings (SSSR count). The molecule has 1 fully saturated rings. The smallest absolute Gasteiger partial charge is 0.282 e. The van der Waals surface area contributed by atoms with Gasteiger partial charge in [-0.1, -0.05) is 48.0 Å². The van der Waals surface area contributed by atoms with Gasteiger partial charge in [-0.2, -0.15) is 0 Å². The van der Waals surface area contributed by atoms with Gasteiger partial charge in [0.05, 0.1) is 24.5 Å². The molecule has 0 saturated carbocycles. The number of carbonyl (C=O) groups excluding carboxylic acids is 2. The second-order valence-electron chi connectivity index (χ2n) is 8.04. The molecule has 0 aromatic heterocycles. The first-order valence-electron chi connectivity index (χ1n) is 11.0. The van der Waals surface area contributed by atoms with Gasteiger partial charge in [0.1, 0.15) is 17.2 Å². The van der Waals surface area contributed by atoms with Gasteiger partial charge in [-0.3, -0.25) is 9.59 Å². The number of para-hydroxylation sites is 1. The Morgan fingerprint density at radius 1 is 0.758 bits per heavy atom. The number of carbonyl (C=O) groups is 2. The molecule has 0 radical (unpaired) electrons. The first-order valence-corrected chi connectivity index (χ1v) is 11.0. The maximum Gasteiger partial charge on any atom is 0.282 e. The summed E-state index contributed by atoms with van der Waals surface area (Å²) in [5.74, 6) is 0.719. The summed E-state index contributed by atoms with van der Waals surface area (Å²) in [5, 5.41) is 0. The molecule has 3 aromatic rings. The number of imide groups is 1. The van der Waals surface area contributed by atoms with Crippen LogP contribution in [0.3, 0.4) is 0 Å². The molecule has 0 N–H and O–H groups in total. The van der Waals surface area contributed by atoms with Crippen LogP contribution in [0, 0.1) is 6.92 Å². The number of anilines is 1. The Kier molecular flexibility index (Phi) is 5.67. The van der Waals surface area contributed by atoms with Crippen molar-refractivity contribution in [1.82, 2.24) is 4.90 Å². The van der Waals surface area contributed by atoms with E-state index in [4.69, 9.17) is 9.47 Å². The number of rotatable bonds is 5. The van der Waals surface area contributed by atoms with Crippen LogP contribution in [0.15, 0.2) is 84.6 Å². The zero-order valence-electron chi connectivity index (χ0n) is 18.4. The Morgan fingerprint density at radius 2 is 1.39 bits per heavy atom. The minimum atomic E-state index is -0.318. The molecule has 1 saturated heterocycles. The van der Waals surface area contributed by atoms with Crippen LogP contribution in [0.4, 0.5) is 5.69 Å². The number of amides is 2. The van der Waals surface area contributed by atoms with E-state index in [0.29, 0.717) is 49.0 Å². The quantitative estimate of drug-likeness (QED) is 0.551. The highest BCUT2D eigenvalue weighted by Crippen LogP contribution is 2.36. The molecule has 3 aromatic carbocycles. The fraction of sp³-hybridized carbons (Fsp3) is 0.185. The van der Waals surface area contributed by atoms with E-state index in [2.05, 4.69) is 0 Å². The summed E-state index contributed by atoms with van der Waals surface area (Å²) in [5.41, 5.74) is 3.23. The fourth-order valence-corrected chi connectivity index (χ4v) is 4.10. The molecule has 6 heteroatoms. The van der Waals surface area contributed by atoms with Gasteiger partial charge in [0.2, 0.25) is 0 Å². The van der Waals surface area contributed by atoms with Gasteiger partial charge >= 0.3 is 0 Å². The number of aryl methyl sites for hydroxylation is 1. The van der Waals surface area contributed by atoms with Crippen molar-refractivity contribution < 1.29 is 19.1 Å². The highest BCUT2D eigenvalue weighted by Gasteiger charge is 2.42. The lowest BCUT2D eigenvalue weighted by Gasteiger charge is -2.29. The second-order valence-corrected chi connectivity index (χ2v) is 8.04. The number of nitrogens with zero attached hydrogens (tertiary/aromatic N) is 2. The van der Waals surface area contributed by atoms with Gasteiger partial charge in [-0.05, 0) is 48.9 Å². The van der Waals surface area contributed by atoms with Crippen LogP contribution in [-0.2, 0) is 14.3 Å². The number of benzene rings is 3. The number of morpholine rings is 1. The van der Waals surface area contributed by atoms with Crippen LogP contribution < -0.4 is 9.64 Å². The predicted molar refractivity (Wildman–Crippen MR) is 126 cm³/mol. The zero-order chi connectivity index (χ0) is 22.8. The van der Waals surface area contributed by atoms with Crippen LogP contribution in [0.5, 0.6) is 11.5 Å². The molecule has 6 nitrogen and oxygen atoms in total. The molecule has 0 unspecified atom stereocenters. The lowest BCUT2D eigenvalue weighted by molar-refractivity contribution is -0.121. The van der Waals surface area contributed by atoms with E-state index in [1.807, 2.05) is 66.4 Å². The van der Waals surface area contributed by atoms with E-state index in [-0.39, 0.29) is 11.8 Å². The normalized spacial score (nSPS) is 16.5. The Balaban J connectivity index is 1.47. The topological polar surface area (TPSA) is 59.1 Å². The van der Waals surface area contributed by atoms with E-state index in [0.717, 1.165) is 16.9 Å². The van der Waals surface area contributed by atoms with Crippen molar-refractivity contribution in [3.05, 3.63) is 95.7 Å². The molecule has 2 aliphatic heterocycles. The molecule has 2 aliphatic rings. The van der Waals surface area contributed by atoms with Crippen LogP contribution >= 0.6 is 0 Å². The summed E-state index contributed by atoms with van der Waals surface area (Å²) in [7, 11) is 0. The standard InChI is InChI=1S/C27H24N2O4/c1-19-7-9-20(10-8-19)24-25(28-15-17-32-18-16-28)27(31)29(26(24)30)21-11-13-23(14-12-21)33-22-5-3-2-4-6-22/h2-14H,15-18H2,1H3. The largest absolute Gasteiger partial charge is 0.457 e. The van der Waals surface area contributed by atoms with Crippen molar-refractivity contribution in [2.45, 2.75) is 6.92 Å². The highest BCUT2D eigenvalue weighted by molar-refractivity contribution is 6.45. The third-order valence-corrected chi connectivity index (χ3v) is 5.80. The molecular weight excluding hydrogens is 416 g/mol. The van der Waals surface area contributed by atoms with Gasteiger partial charge in [-0.15, -0.1) is 0 Å². The molecule has 2 amide bonds. The monoisotopic (exact) mass is 440 g/mol. The summed E-state index contributed by atoms with van der Waals surface area (Å²) >= 11 is 0. The van der Waals surface area contributed by atoms with E-state index in [1.165, 1.54) is 4.90 Å². The number of hydrogen-bond donors (Lipinski definition) is 0. The Bertz CT molecular complexity index is 1200. The molecule has 2 heterocycles. The molecule has 0 bridgehead atoms. The lowest BCUT2D eigenvalue weighted by atomic mass is 10.0. The van der Waals surface area contributed by atoms with Gasteiger partial charge in [0.25, 0.3) is 11.8 Å². The van der Waals surface area contributed by atoms with Gasteiger partial charge in [0, 0.05) is 13.1 Å². The SMILES string of the molecule is Cc1ccc(C2=C(N3CCOCC3)C(=O)N(c3ccc(Oc4ccccc4)cc3)C2=O)cc1. The maximum atomic E-state index is 13.6. The van der Waals surface area contributed by atoms with E-state index >= 15 is 0 Å². The van der Waals surface area contributed by atoms with Crippen LogP contribution in [0.25, 0.3) is 5.57 Å². The summed E-state index contributed by atoms with van der Waals surface area (Å²) in [6, 6.07) is 24.2. The molecule has 0 atom stereocenters. The highest BCUT2D eigenvalue weighted by atomic mass is 16.5. The van der Waals surface area contributed by atoms with Crippen molar-refractivity contribution in [3.8, 4) is 11.5 Å². The number of hydrogen-bond acceptors (Lipinski definition) is 5. The first-order chi connectivity index (χ1) is 16.1. The Morgan fingerprint density at radius 3 is 2.06 bits per heavy atom. The predicted octanol–water partition coefficient (Wildman–Crippen LogP) is 4.40. The zero-order valence-corrected chi connectivity index (χ0v) is 18.4. The minimum absolute atomic E-state index is 0.311. The molecule has 33 heavy (non-hydrogen) atoms. The second kappa shape index (κ2) is 8.92. The van der Waals surface area contributed by atoms with Crippen molar-refractivity contribution in [2.75, 3.05) is 31.2 Å². The lowest BCUT2D eigenvalue weighted by Crippen LogP contribution is -2.40. The minimum Gasteiger partial charge on any atom is -0.457 e. The summed E-state index contributed by atoms with van der Waals surface area (Å²) in [4.78, 5) is 30.4. The summed E-state index contributed by atoms with van der Waals surface area (Å²) in [6.07, 6.45) is 0. The third-order valence-electron chi connectivity index (χ3n) is 5.80. The van der Waals surface area contributed by atoms with Gasteiger partial charge in [0.15, 0.2) is 0 Å². The van der Waals surface area contributed by atoms with Gasteiger partial charge < -0.3 is 14.4 Å². The summed E-state index contributed by atoms with van der Waals surface area (Å²) < 4.78 is 11.3. The number of ether oxygens (including phenoxy) is 2. The molecular formula is C27H24N2O4. The average Bonchev–Trinajstić information content (AvgIpc) is 3.11. The van der Waals surface area contributed by atoms with E-state index in [1.54, 1.807) is 24.3 Å². The van der Waals surface area contributed by atoms with Crippen LogP contribution in [-0.4, -0.2) is 43.0 Å². The average molecular weight is 440 g/mol.